The second kappa shape index (κ2) is 7.02. The maximum absolute atomic E-state index is 6.04. The number of piperidine rings is 1. The van der Waals surface area contributed by atoms with Crippen molar-refractivity contribution in [3.63, 3.8) is 0 Å². The van der Waals surface area contributed by atoms with Crippen LogP contribution in [0.1, 0.15) is 46.5 Å². The van der Waals surface area contributed by atoms with Gasteiger partial charge in [-0.2, -0.15) is 0 Å². The van der Waals surface area contributed by atoms with Crippen LogP contribution in [0.5, 0.6) is 0 Å². The molecule has 0 spiro atoms. The summed E-state index contributed by atoms with van der Waals surface area (Å²) in [4.78, 5) is 2.52. The molecule has 0 aromatic carbocycles. The molecule has 1 heterocycles. The van der Waals surface area contributed by atoms with E-state index in [0.717, 1.165) is 19.5 Å². The summed E-state index contributed by atoms with van der Waals surface area (Å²) in [5.74, 6) is 0. The maximum atomic E-state index is 6.04. The lowest BCUT2D eigenvalue weighted by molar-refractivity contribution is -0.131. The van der Waals surface area contributed by atoms with Gasteiger partial charge in [0.25, 0.3) is 0 Å². The fourth-order valence-corrected chi connectivity index (χ4v) is 2.90. The highest BCUT2D eigenvalue weighted by Gasteiger charge is 2.38. The highest BCUT2D eigenvalue weighted by molar-refractivity contribution is 4.93. The lowest BCUT2D eigenvalue weighted by Crippen LogP contribution is -2.57. The normalized spacial score (nSPS) is 23.5. The third-order valence-corrected chi connectivity index (χ3v) is 5.16. The number of nitrogens with zero attached hydrogens (tertiary/aromatic N) is 1. The summed E-state index contributed by atoms with van der Waals surface area (Å²) < 4.78 is 10.7. The van der Waals surface area contributed by atoms with Gasteiger partial charge in [-0.15, -0.1) is 0 Å². The first-order valence-electron chi connectivity index (χ1n) is 7.44. The Morgan fingerprint density at radius 1 is 1.26 bits per heavy atom. The molecular formula is C15H32N2O2. The number of ether oxygens (including phenoxy) is 2. The van der Waals surface area contributed by atoms with Crippen LogP contribution in [-0.2, 0) is 9.47 Å². The van der Waals surface area contributed by atoms with Crippen LogP contribution in [0.3, 0.4) is 0 Å². The molecule has 1 atom stereocenters. The van der Waals surface area contributed by atoms with E-state index in [1.54, 1.807) is 14.2 Å². The van der Waals surface area contributed by atoms with Crippen molar-refractivity contribution in [2.75, 3.05) is 33.9 Å². The molecule has 4 nitrogen and oxygen atoms in total. The number of methoxy groups -OCH3 is 2. The predicted molar refractivity (Wildman–Crippen MR) is 79.1 cm³/mol. The number of hydrogen-bond donors (Lipinski definition) is 1. The molecule has 1 aliphatic heterocycles. The summed E-state index contributed by atoms with van der Waals surface area (Å²) in [6.45, 7) is 9.81. The zero-order valence-electron chi connectivity index (χ0n) is 13.4. The first-order chi connectivity index (χ1) is 8.93. The minimum absolute atomic E-state index is 0.0360. The Kier molecular flexibility index (Phi) is 6.24. The highest BCUT2D eigenvalue weighted by Crippen LogP contribution is 2.37. The number of nitrogens with two attached hydrogens (primary N) is 1. The predicted octanol–water partition coefficient (Wildman–Crippen LogP) is 2.22. The van der Waals surface area contributed by atoms with Crippen LogP contribution in [-0.4, -0.2) is 50.6 Å². The summed E-state index contributed by atoms with van der Waals surface area (Å²) in [5, 5.41) is 0. The highest BCUT2D eigenvalue weighted by atomic mass is 16.7. The smallest absolute Gasteiger partial charge is 0.158 e. The maximum Gasteiger partial charge on any atom is 0.158 e. The largest absolute Gasteiger partial charge is 0.356 e. The Hall–Kier alpha value is -0.160. The van der Waals surface area contributed by atoms with Crippen LogP contribution >= 0.6 is 0 Å². The van der Waals surface area contributed by atoms with E-state index in [2.05, 4.69) is 25.7 Å². The van der Waals surface area contributed by atoms with Gasteiger partial charge in [-0.3, -0.25) is 4.90 Å². The minimum Gasteiger partial charge on any atom is -0.356 e. The monoisotopic (exact) mass is 272 g/mol. The molecule has 1 fully saturated rings. The fourth-order valence-electron chi connectivity index (χ4n) is 2.90. The van der Waals surface area contributed by atoms with E-state index in [4.69, 9.17) is 15.2 Å². The molecule has 19 heavy (non-hydrogen) atoms. The summed E-state index contributed by atoms with van der Waals surface area (Å²) in [6, 6.07) is 0. The fraction of sp³-hybridized carbons (Fsp3) is 1.00. The average molecular weight is 272 g/mol. The molecule has 0 amide bonds. The standard InChI is InChI=1S/C15H32N2O2/c1-6-14(2)7-9-17(10-8-14)15(3,12-16)11-13(18-4)19-5/h13H,6-12,16H2,1-5H3. The van der Waals surface area contributed by atoms with Crippen molar-refractivity contribution in [3.8, 4) is 0 Å². The molecule has 4 heteroatoms. The molecule has 1 unspecified atom stereocenters. The molecule has 1 saturated heterocycles. The van der Waals surface area contributed by atoms with E-state index in [9.17, 15) is 0 Å². The summed E-state index contributed by atoms with van der Waals surface area (Å²) >= 11 is 0. The quantitative estimate of drug-likeness (QED) is 0.722. The van der Waals surface area contributed by atoms with Crippen LogP contribution in [0.2, 0.25) is 0 Å². The molecule has 0 aliphatic carbocycles. The molecule has 0 aromatic rings. The topological polar surface area (TPSA) is 47.7 Å². The van der Waals surface area contributed by atoms with E-state index in [1.165, 1.54) is 19.3 Å². The van der Waals surface area contributed by atoms with Gasteiger partial charge >= 0.3 is 0 Å². The Balaban J connectivity index is 2.65. The van der Waals surface area contributed by atoms with Gasteiger partial charge in [0.2, 0.25) is 0 Å². The molecule has 1 rings (SSSR count). The van der Waals surface area contributed by atoms with Crippen molar-refractivity contribution in [3.05, 3.63) is 0 Å². The van der Waals surface area contributed by atoms with Crippen LogP contribution in [0.25, 0.3) is 0 Å². The van der Waals surface area contributed by atoms with Crippen LogP contribution in [0, 0.1) is 5.41 Å². The Morgan fingerprint density at radius 3 is 2.16 bits per heavy atom. The molecule has 2 N–H and O–H groups in total. The van der Waals surface area contributed by atoms with Gasteiger partial charge in [0, 0.05) is 32.7 Å². The van der Waals surface area contributed by atoms with Crippen LogP contribution < -0.4 is 5.73 Å². The average Bonchev–Trinajstić information content (AvgIpc) is 2.45. The number of likely N-dealkylation sites (tertiary alicyclic amines) is 1. The van der Waals surface area contributed by atoms with Crippen LogP contribution in [0.4, 0.5) is 0 Å². The van der Waals surface area contributed by atoms with E-state index >= 15 is 0 Å². The van der Waals surface area contributed by atoms with Gasteiger partial charge in [-0.1, -0.05) is 20.3 Å². The summed E-state index contributed by atoms with van der Waals surface area (Å²) in [7, 11) is 3.38. The van der Waals surface area contributed by atoms with E-state index in [0.29, 0.717) is 12.0 Å². The van der Waals surface area contributed by atoms with Gasteiger partial charge < -0.3 is 15.2 Å². The van der Waals surface area contributed by atoms with Gasteiger partial charge in [-0.25, -0.2) is 0 Å². The molecule has 0 aromatic heterocycles. The van der Waals surface area contributed by atoms with Crippen molar-refractivity contribution in [1.82, 2.24) is 4.90 Å². The van der Waals surface area contributed by atoms with Crippen LogP contribution in [0.15, 0.2) is 0 Å². The first kappa shape index (κ1) is 16.9. The first-order valence-corrected chi connectivity index (χ1v) is 7.44. The van der Waals surface area contributed by atoms with Crippen molar-refractivity contribution >= 4 is 0 Å². The summed E-state index contributed by atoms with van der Waals surface area (Å²) in [5.41, 5.74) is 6.51. The number of rotatable bonds is 7. The van der Waals surface area contributed by atoms with Crippen molar-refractivity contribution < 1.29 is 9.47 Å². The third kappa shape index (κ3) is 4.15. The Labute approximate surface area is 118 Å². The SMILES string of the molecule is CCC1(C)CCN(C(C)(CN)CC(OC)OC)CC1. The van der Waals surface area contributed by atoms with Gasteiger partial charge in [-0.05, 0) is 38.3 Å². The second-order valence-corrected chi connectivity index (χ2v) is 6.46. The Morgan fingerprint density at radius 2 is 1.79 bits per heavy atom. The van der Waals surface area contributed by atoms with Crippen molar-refractivity contribution in [1.29, 1.82) is 0 Å². The zero-order chi connectivity index (χ0) is 14.5. The van der Waals surface area contributed by atoms with E-state index in [-0.39, 0.29) is 11.8 Å². The third-order valence-electron chi connectivity index (χ3n) is 5.16. The van der Waals surface area contributed by atoms with Gasteiger partial charge in [0.15, 0.2) is 6.29 Å². The molecule has 0 radical (unpaired) electrons. The number of hydrogen-bond acceptors (Lipinski definition) is 4. The van der Waals surface area contributed by atoms with Crippen molar-refractivity contribution in [2.24, 2.45) is 11.1 Å². The summed E-state index contributed by atoms with van der Waals surface area (Å²) in [6.07, 6.45) is 4.42. The van der Waals surface area contributed by atoms with E-state index < -0.39 is 0 Å². The molecule has 0 saturated carbocycles. The lowest BCUT2D eigenvalue weighted by atomic mass is 9.76. The molecule has 0 bridgehead atoms. The molecule has 114 valence electrons. The van der Waals surface area contributed by atoms with Crippen molar-refractivity contribution in [2.45, 2.75) is 58.3 Å². The van der Waals surface area contributed by atoms with E-state index in [1.807, 2.05) is 0 Å². The zero-order valence-corrected chi connectivity index (χ0v) is 13.4. The second-order valence-electron chi connectivity index (χ2n) is 6.46. The Bertz CT molecular complexity index is 261. The molecule has 1 aliphatic rings. The van der Waals surface area contributed by atoms with Gasteiger partial charge in [0.05, 0.1) is 0 Å². The lowest BCUT2D eigenvalue weighted by Gasteiger charge is -2.48. The van der Waals surface area contributed by atoms with Gasteiger partial charge in [0.1, 0.15) is 0 Å². The minimum atomic E-state index is -0.173. The molecular weight excluding hydrogens is 240 g/mol.